The first kappa shape index (κ1) is 14.5. The third kappa shape index (κ3) is 2.56. The molecule has 1 aromatic carbocycles. The van der Waals surface area contributed by atoms with Crippen LogP contribution in [0.25, 0.3) is 0 Å². The van der Waals surface area contributed by atoms with Gasteiger partial charge in [-0.3, -0.25) is 10.1 Å². The largest absolute Gasteiger partial charge is 0.347 e. The Kier molecular flexibility index (Phi) is 3.50. The SMILES string of the molecule is CC1(C)CC2(C[C@H](c3ccccc3)[C@@H]1[N+](=O)[O-])OCCO2. The minimum atomic E-state index is -0.656. The molecule has 2 aliphatic rings. The first-order valence-corrected chi connectivity index (χ1v) is 7.40. The molecule has 1 saturated heterocycles. The zero-order valence-corrected chi connectivity index (χ0v) is 12.5. The van der Waals surface area contributed by atoms with E-state index in [2.05, 4.69) is 0 Å². The average molecular weight is 291 g/mol. The minimum absolute atomic E-state index is 0.126. The van der Waals surface area contributed by atoms with Crippen LogP contribution in [0.2, 0.25) is 0 Å². The van der Waals surface area contributed by atoms with Crippen LogP contribution in [0, 0.1) is 15.5 Å². The molecular formula is C16H21NO4. The summed E-state index contributed by atoms with van der Waals surface area (Å²) < 4.78 is 11.7. The Hall–Kier alpha value is -1.46. The van der Waals surface area contributed by atoms with Crippen LogP contribution < -0.4 is 0 Å². The Morgan fingerprint density at radius 2 is 1.81 bits per heavy atom. The van der Waals surface area contributed by atoms with E-state index in [1.54, 1.807) is 0 Å². The van der Waals surface area contributed by atoms with Gasteiger partial charge in [0.05, 0.1) is 19.1 Å². The molecule has 0 N–H and O–H groups in total. The first-order valence-electron chi connectivity index (χ1n) is 7.40. The van der Waals surface area contributed by atoms with Crippen molar-refractivity contribution in [2.45, 2.75) is 44.4 Å². The molecule has 2 atom stereocenters. The predicted octanol–water partition coefficient (Wildman–Crippen LogP) is 2.98. The lowest BCUT2D eigenvalue weighted by molar-refractivity contribution is -0.553. The van der Waals surface area contributed by atoms with Crippen molar-refractivity contribution in [3.05, 3.63) is 46.0 Å². The van der Waals surface area contributed by atoms with Gasteiger partial charge < -0.3 is 9.47 Å². The van der Waals surface area contributed by atoms with E-state index in [0.717, 1.165) is 5.56 Å². The molecule has 3 rings (SSSR count). The normalized spacial score (nSPS) is 30.4. The van der Waals surface area contributed by atoms with E-state index in [9.17, 15) is 10.1 Å². The van der Waals surface area contributed by atoms with Crippen molar-refractivity contribution in [1.82, 2.24) is 0 Å². The van der Waals surface area contributed by atoms with Gasteiger partial charge in [-0.05, 0) is 5.56 Å². The number of ether oxygens (including phenoxy) is 2. The van der Waals surface area contributed by atoms with Gasteiger partial charge >= 0.3 is 0 Å². The molecule has 0 unspecified atom stereocenters. The Morgan fingerprint density at radius 1 is 1.19 bits per heavy atom. The van der Waals surface area contributed by atoms with Gasteiger partial charge in [0.25, 0.3) is 0 Å². The molecule has 0 aromatic heterocycles. The maximum absolute atomic E-state index is 11.7. The van der Waals surface area contributed by atoms with Gasteiger partial charge in [-0.1, -0.05) is 44.2 Å². The summed E-state index contributed by atoms with van der Waals surface area (Å²) in [6.07, 6.45) is 1.11. The van der Waals surface area contributed by atoms with E-state index >= 15 is 0 Å². The predicted molar refractivity (Wildman–Crippen MR) is 77.6 cm³/mol. The lowest BCUT2D eigenvalue weighted by Gasteiger charge is -2.46. The molecule has 1 aliphatic carbocycles. The van der Waals surface area contributed by atoms with Crippen LogP contribution >= 0.6 is 0 Å². The summed E-state index contributed by atoms with van der Waals surface area (Å²) in [4.78, 5) is 11.6. The molecule has 2 fully saturated rings. The van der Waals surface area contributed by atoms with Gasteiger partial charge in [-0.2, -0.15) is 0 Å². The topological polar surface area (TPSA) is 61.6 Å². The van der Waals surface area contributed by atoms with Gasteiger partial charge in [0.1, 0.15) is 0 Å². The van der Waals surface area contributed by atoms with E-state index < -0.39 is 17.2 Å². The molecule has 0 bridgehead atoms. The van der Waals surface area contributed by atoms with Crippen molar-refractivity contribution in [2.24, 2.45) is 5.41 Å². The van der Waals surface area contributed by atoms with Crippen molar-refractivity contribution in [3.63, 3.8) is 0 Å². The van der Waals surface area contributed by atoms with Crippen molar-refractivity contribution in [1.29, 1.82) is 0 Å². The fourth-order valence-electron chi connectivity index (χ4n) is 4.01. The van der Waals surface area contributed by atoms with Crippen molar-refractivity contribution < 1.29 is 14.4 Å². The number of nitro groups is 1. The highest BCUT2D eigenvalue weighted by Gasteiger charge is 2.58. The highest BCUT2D eigenvalue weighted by atomic mass is 16.7. The van der Waals surface area contributed by atoms with Crippen LogP contribution in [-0.4, -0.2) is 30.0 Å². The monoisotopic (exact) mass is 291 g/mol. The number of rotatable bonds is 2. The summed E-state index contributed by atoms with van der Waals surface area (Å²) >= 11 is 0. The third-order valence-electron chi connectivity index (χ3n) is 4.71. The van der Waals surface area contributed by atoms with E-state index in [0.29, 0.717) is 26.1 Å². The lowest BCUT2D eigenvalue weighted by atomic mass is 9.64. The lowest BCUT2D eigenvalue weighted by Crippen LogP contribution is -2.53. The molecule has 1 heterocycles. The Bertz CT molecular complexity index is 522. The number of hydrogen-bond acceptors (Lipinski definition) is 4. The second-order valence-corrected chi connectivity index (χ2v) is 6.72. The minimum Gasteiger partial charge on any atom is -0.347 e. The zero-order chi connectivity index (χ0) is 15.1. The highest BCUT2D eigenvalue weighted by Crippen LogP contribution is 2.52. The fourth-order valence-corrected chi connectivity index (χ4v) is 4.01. The van der Waals surface area contributed by atoms with Gasteiger partial charge in [0, 0.05) is 23.2 Å². The Balaban J connectivity index is 2.01. The van der Waals surface area contributed by atoms with Gasteiger partial charge in [-0.15, -0.1) is 0 Å². The molecule has 114 valence electrons. The summed E-state index contributed by atoms with van der Waals surface area (Å²) in [5, 5.41) is 11.7. The van der Waals surface area contributed by atoms with Gasteiger partial charge in [0.15, 0.2) is 5.79 Å². The second-order valence-electron chi connectivity index (χ2n) is 6.72. The third-order valence-corrected chi connectivity index (χ3v) is 4.71. The summed E-state index contributed by atoms with van der Waals surface area (Å²) in [6, 6.07) is 9.08. The molecule has 5 nitrogen and oxygen atoms in total. The molecule has 1 saturated carbocycles. The maximum Gasteiger partial charge on any atom is 0.225 e. The Morgan fingerprint density at radius 3 is 2.38 bits per heavy atom. The maximum atomic E-state index is 11.7. The molecule has 21 heavy (non-hydrogen) atoms. The van der Waals surface area contributed by atoms with Crippen molar-refractivity contribution in [3.8, 4) is 0 Å². The smallest absolute Gasteiger partial charge is 0.225 e. The van der Waals surface area contributed by atoms with Crippen LogP contribution in [0.4, 0.5) is 0 Å². The molecular weight excluding hydrogens is 270 g/mol. The second kappa shape index (κ2) is 5.07. The summed E-state index contributed by atoms with van der Waals surface area (Å²) in [6.45, 7) is 5.03. The van der Waals surface area contributed by atoms with E-state index in [-0.39, 0.29) is 10.8 Å². The van der Waals surface area contributed by atoms with Gasteiger partial charge in [-0.25, -0.2) is 0 Å². The fraction of sp³-hybridized carbons (Fsp3) is 0.625. The number of benzene rings is 1. The van der Waals surface area contributed by atoms with Crippen LogP contribution in [0.15, 0.2) is 30.3 Å². The first-order chi connectivity index (χ1) is 9.94. The standard InChI is InChI=1S/C16H21NO4/c1-15(2)11-16(20-8-9-21-16)10-13(14(15)17(18)19)12-6-4-3-5-7-12/h3-7,13-14H,8-11H2,1-2H3/t13-,14+/m1/s1. The quantitative estimate of drug-likeness (QED) is 0.621. The summed E-state index contributed by atoms with van der Waals surface area (Å²) in [5.41, 5.74) is 0.512. The summed E-state index contributed by atoms with van der Waals surface area (Å²) in [5.74, 6) is -0.848. The number of hydrogen-bond donors (Lipinski definition) is 0. The Labute approximate surface area is 124 Å². The highest BCUT2D eigenvalue weighted by molar-refractivity contribution is 5.24. The molecule has 0 radical (unpaired) electrons. The summed E-state index contributed by atoms with van der Waals surface area (Å²) in [7, 11) is 0. The molecule has 5 heteroatoms. The molecule has 1 aromatic rings. The zero-order valence-electron chi connectivity index (χ0n) is 12.5. The molecule has 0 amide bonds. The van der Waals surface area contributed by atoms with E-state index in [1.807, 2.05) is 44.2 Å². The van der Waals surface area contributed by atoms with E-state index in [1.165, 1.54) is 0 Å². The molecule has 1 aliphatic heterocycles. The van der Waals surface area contributed by atoms with Crippen molar-refractivity contribution >= 4 is 0 Å². The number of nitrogens with zero attached hydrogens (tertiary/aromatic N) is 1. The van der Waals surface area contributed by atoms with Crippen LogP contribution in [0.3, 0.4) is 0 Å². The van der Waals surface area contributed by atoms with E-state index in [4.69, 9.17) is 9.47 Å². The van der Waals surface area contributed by atoms with Crippen LogP contribution in [-0.2, 0) is 9.47 Å². The molecule has 1 spiro atoms. The average Bonchev–Trinajstić information content (AvgIpc) is 2.85. The van der Waals surface area contributed by atoms with Crippen LogP contribution in [0.1, 0.15) is 38.2 Å². The van der Waals surface area contributed by atoms with Gasteiger partial charge in [0.2, 0.25) is 6.04 Å². The van der Waals surface area contributed by atoms with Crippen LogP contribution in [0.5, 0.6) is 0 Å². The van der Waals surface area contributed by atoms with Crippen molar-refractivity contribution in [2.75, 3.05) is 13.2 Å².